The molecule has 1 N–H and O–H groups in total. The Bertz CT molecular complexity index is 805. The summed E-state index contributed by atoms with van der Waals surface area (Å²) in [6, 6.07) is 7.45. The minimum Gasteiger partial charge on any atom is -0.400 e. The first-order chi connectivity index (χ1) is 15.4. The van der Waals surface area contributed by atoms with E-state index in [-0.39, 0.29) is 46.9 Å². The van der Waals surface area contributed by atoms with Crippen LogP contribution in [-0.2, 0) is 7.05 Å². The Hall–Kier alpha value is -3.60. The number of imidazole rings is 1. The molecule has 0 aliphatic rings. The molecule has 0 fully saturated rings. The Labute approximate surface area is 230 Å². The van der Waals surface area contributed by atoms with Gasteiger partial charge in [0.2, 0.25) is 0 Å². The number of nitrogens with zero attached hydrogens (tertiary/aromatic N) is 9. The summed E-state index contributed by atoms with van der Waals surface area (Å²) in [5.41, 5.74) is 0. The molecule has 2 aromatic rings. The van der Waals surface area contributed by atoms with Gasteiger partial charge in [0.25, 0.3) is 0 Å². The molecule has 2 heterocycles. The average Bonchev–Trinajstić information content (AvgIpc) is 3.12. The van der Waals surface area contributed by atoms with E-state index in [0.717, 1.165) is 18.8 Å². The number of rotatable bonds is 3. The van der Waals surface area contributed by atoms with Crippen LogP contribution < -0.4 is 5.01 Å². The summed E-state index contributed by atoms with van der Waals surface area (Å²) < 4.78 is 1.90. The maximum Gasteiger partial charge on any atom is 3.00 e. The van der Waals surface area contributed by atoms with Crippen LogP contribution in [0.15, 0.2) is 41.9 Å². The molecule has 2 rings (SSSR count). The van der Waals surface area contributed by atoms with Crippen molar-refractivity contribution in [2.24, 2.45) is 12.1 Å². The second-order valence-corrected chi connectivity index (χ2v) is 4.25. The second-order valence-electron chi connectivity index (χ2n) is 4.25. The van der Waals surface area contributed by atoms with Gasteiger partial charge in [-0.3, -0.25) is 5.01 Å². The monoisotopic (exact) mass is 648 g/mol. The summed E-state index contributed by atoms with van der Waals surface area (Å²) in [5, 5.41) is 64.5. The van der Waals surface area contributed by atoms with Crippen molar-refractivity contribution in [1.29, 1.82) is 5.26 Å². The van der Waals surface area contributed by atoms with Crippen LogP contribution in [0.3, 0.4) is 0 Å². The maximum absolute atomic E-state index is 8.25. The molecule has 0 saturated heterocycles. The molecule has 19 nitrogen and oxygen atoms in total. The fourth-order valence-electron chi connectivity index (χ4n) is 1.24. The van der Waals surface area contributed by atoms with E-state index in [9.17, 15) is 0 Å². The molecular weight excluding hydrogens is 627 g/mol. The molecule has 0 saturated carbocycles. The summed E-state index contributed by atoms with van der Waals surface area (Å²) in [6.07, 6.45) is 7.06. The molecule has 0 atom stereocenters. The zero-order valence-corrected chi connectivity index (χ0v) is 19.7. The van der Waals surface area contributed by atoms with Crippen LogP contribution >= 0.6 is 0 Å². The standard InChI is InChI=1S/C11H13N5.C2H3N.CH4O.3NO3.Yb/c1-15-8-7-13-11(15)9-14-16(2)10-5-3-4-6-12-10;1-2-3;1-2;3*2-1(3)4;/h3-9H,1-2H3;1H3;2H,1H3;;;;/q;;;3*-1;+3/b14-9+;;;;;;. The minimum atomic E-state index is -1.75. The fraction of sp³-hybridized carbons (Fsp3) is 0.286. The molecule has 20 heteroatoms. The van der Waals surface area contributed by atoms with Crippen LogP contribution in [0.25, 0.3) is 0 Å². The summed E-state index contributed by atoms with van der Waals surface area (Å²) >= 11 is 0. The van der Waals surface area contributed by atoms with Crippen molar-refractivity contribution < 1.29 is 67.3 Å². The van der Waals surface area contributed by atoms with Crippen LogP contribution in [0.4, 0.5) is 5.82 Å². The molecule has 0 aliphatic carbocycles. The fourth-order valence-corrected chi connectivity index (χ4v) is 1.24. The molecule has 0 aliphatic heterocycles. The number of hydrogen-bond acceptors (Lipinski definition) is 15. The molecule has 0 unspecified atom stereocenters. The van der Waals surface area contributed by atoms with Crippen LogP contribution in [0, 0.1) is 104 Å². The number of aryl methyl sites for hydroxylation is 1. The van der Waals surface area contributed by atoms with Gasteiger partial charge in [0.1, 0.15) is 5.82 Å². The van der Waals surface area contributed by atoms with Crippen molar-refractivity contribution in [3.63, 3.8) is 0 Å². The second kappa shape index (κ2) is 29.4. The molecule has 195 valence electrons. The zero-order valence-electron chi connectivity index (χ0n) is 18.0. The van der Waals surface area contributed by atoms with E-state index < -0.39 is 15.3 Å². The van der Waals surface area contributed by atoms with Gasteiger partial charge in [-0.05, 0) is 12.1 Å². The van der Waals surface area contributed by atoms with Gasteiger partial charge in [-0.2, -0.15) is 10.4 Å². The summed E-state index contributed by atoms with van der Waals surface area (Å²) in [4.78, 5) is 33.1. The third-order valence-electron chi connectivity index (χ3n) is 2.19. The van der Waals surface area contributed by atoms with Gasteiger partial charge in [0.05, 0.1) is 27.5 Å². The predicted octanol–water partition coefficient (Wildman–Crippen LogP) is 0.706. The van der Waals surface area contributed by atoms with Gasteiger partial charge in [-0.15, -0.1) is 0 Å². The molecule has 34 heavy (non-hydrogen) atoms. The van der Waals surface area contributed by atoms with Crippen molar-refractivity contribution in [2.45, 2.75) is 6.92 Å². The maximum atomic E-state index is 8.25. The van der Waals surface area contributed by atoms with Crippen molar-refractivity contribution in [1.82, 2.24) is 14.5 Å². The Morgan fingerprint density at radius 2 is 1.44 bits per heavy atom. The molecule has 2 aromatic heterocycles. The van der Waals surface area contributed by atoms with Crippen molar-refractivity contribution in [2.75, 3.05) is 19.2 Å². The van der Waals surface area contributed by atoms with E-state index in [1.165, 1.54) is 6.92 Å². The third kappa shape index (κ3) is 38.9. The Balaban J connectivity index is -0.000000130. The van der Waals surface area contributed by atoms with Gasteiger partial charge in [0.15, 0.2) is 5.82 Å². The quantitative estimate of drug-likeness (QED) is 0.273. The minimum absolute atomic E-state index is 0. The summed E-state index contributed by atoms with van der Waals surface area (Å²) in [5.74, 6) is 1.61. The molecule has 0 spiro atoms. The number of aliphatic hydroxyl groups excluding tert-OH is 1. The van der Waals surface area contributed by atoms with Gasteiger partial charge in [-0.1, -0.05) is 6.07 Å². The van der Waals surface area contributed by atoms with E-state index in [4.69, 9.17) is 56.3 Å². The Morgan fingerprint density at radius 3 is 1.74 bits per heavy atom. The Morgan fingerprint density at radius 1 is 1.03 bits per heavy atom. The first kappa shape index (κ1) is 40.7. The summed E-state index contributed by atoms with van der Waals surface area (Å²) in [6.45, 7) is 1.43. The molecule has 0 aromatic carbocycles. The topological polar surface area (TPSA) is 289 Å². The van der Waals surface area contributed by atoms with Crippen molar-refractivity contribution in [3.8, 4) is 6.07 Å². The van der Waals surface area contributed by atoms with E-state index in [1.54, 1.807) is 29.7 Å². The van der Waals surface area contributed by atoms with E-state index >= 15 is 0 Å². The number of hydrogen-bond donors (Lipinski definition) is 1. The average molecular weight is 647 g/mol. The first-order valence-electron chi connectivity index (χ1n) is 7.75. The normalized spacial score (nSPS) is 7.65. The van der Waals surface area contributed by atoms with Crippen LogP contribution in [-0.4, -0.2) is 55.3 Å². The van der Waals surface area contributed by atoms with E-state index in [1.807, 2.05) is 43.1 Å². The number of nitriles is 1. The molecule has 1 radical (unpaired) electrons. The number of hydrazone groups is 1. The van der Waals surface area contributed by atoms with Crippen LogP contribution in [0.2, 0.25) is 0 Å². The predicted molar refractivity (Wildman–Crippen MR) is 114 cm³/mol. The molecule has 0 amide bonds. The number of anilines is 1. The smallest absolute Gasteiger partial charge is 0.400 e. The van der Waals surface area contributed by atoms with Crippen molar-refractivity contribution in [3.05, 3.63) is 88.6 Å². The van der Waals surface area contributed by atoms with Crippen LogP contribution in [0.1, 0.15) is 12.7 Å². The largest absolute Gasteiger partial charge is 3.00 e. The summed E-state index contributed by atoms with van der Waals surface area (Å²) in [7, 11) is 4.77. The zero-order chi connectivity index (χ0) is 26.8. The molecular formula is C14H20N9O10Yb. The van der Waals surface area contributed by atoms with Gasteiger partial charge >= 0.3 is 46.9 Å². The van der Waals surface area contributed by atoms with Crippen molar-refractivity contribution >= 4 is 12.0 Å². The van der Waals surface area contributed by atoms with Gasteiger partial charge in [0, 0.05) is 46.7 Å². The SMILES string of the molecule is CC#N.CN(/N=C/c1nccn1C)c1ccccn1.CO.O=[N+]([O-])[O-].O=[N+]([O-])[O-].O=[N+]([O-])[O-].[Yb+3]. The number of aromatic nitrogens is 3. The van der Waals surface area contributed by atoms with E-state index in [0.29, 0.717) is 0 Å². The first-order valence-corrected chi connectivity index (χ1v) is 7.75. The van der Waals surface area contributed by atoms with Crippen LogP contribution in [0.5, 0.6) is 0 Å². The number of pyridine rings is 1. The molecule has 0 bridgehead atoms. The third-order valence-corrected chi connectivity index (χ3v) is 2.19. The van der Waals surface area contributed by atoms with Gasteiger partial charge in [-0.25, -0.2) is 9.97 Å². The van der Waals surface area contributed by atoms with Gasteiger partial charge < -0.3 is 55.6 Å². The van der Waals surface area contributed by atoms with E-state index in [2.05, 4.69) is 15.1 Å². The number of aliphatic hydroxyl groups is 1. The Kier molecular flexibility index (Phi) is 35.2.